The zero-order chi connectivity index (χ0) is 14.0. The minimum Gasteiger partial charge on any atom is -0.468 e. The molecule has 0 spiro atoms. The molecule has 2 rings (SSSR count). The number of tetrazole rings is 1. The molecule has 1 aromatic heterocycles. The van der Waals surface area contributed by atoms with E-state index in [0.717, 1.165) is 18.7 Å². The fourth-order valence-corrected chi connectivity index (χ4v) is 2.18. The van der Waals surface area contributed by atoms with Gasteiger partial charge in [-0.25, -0.2) is 4.68 Å². The van der Waals surface area contributed by atoms with Crippen LogP contribution in [0.3, 0.4) is 0 Å². The Balaban J connectivity index is 2.12. The Labute approximate surface area is 112 Å². The molecule has 0 N–H and O–H groups in total. The summed E-state index contributed by atoms with van der Waals surface area (Å²) >= 11 is 0. The molecule has 0 amide bonds. The highest BCUT2D eigenvalue weighted by Gasteiger charge is 2.36. The fraction of sp³-hybridized carbons (Fsp3) is 0.833. The number of ether oxygens (including phenoxy) is 1. The average molecular weight is 267 g/mol. The van der Waals surface area contributed by atoms with Crippen LogP contribution in [0.2, 0.25) is 0 Å². The Kier molecular flexibility index (Phi) is 4.14. The summed E-state index contributed by atoms with van der Waals surface area (Å²) in [5.41, 5.74) is 0. The van der Waals surface area contributed by atoms with Crippen LogP contribution in [0.5, 0.6) is 0 Å². The van der Waals surface area contributed by atoms with Crippen LogP contribution in [0.4, 0.5) is 0 Å². The lowest BCUT2D eigenvalue weighted by molar-refractivity contribution is -0.146. The highest BCUT2D eigenvalue weighted by atomic mass is 16.5. The third kappa shape index (κ3) is 3.09. The van der Waals surface area contributed by atoms with Gasteiger partial charge in [-0.1, -0.05) is 0 Å². The molecular weight excluding hydrogens is 246 g/mol. The summed E-state index contributed by atoms with van der Waals surface area (Å²) in [5.74, 6) is 0.577. The highest BCUT2D eigenvalue weighted by molar-refractivity contribution is 5.75. The molecule has 0 radical (unpaired) electrons. The molecule has 0 aliphatic heterocycles. The number of hydrogen-bond acceptors (Lipinski definition) is 6. The van der Waals surface area contributed by atoms with E-state index < -0.39 is 0 Å². The molecule has 1 atom stereocenters. The van der Waals surface area contributed by atoms with Crippen molar-refractivity contribution in [1.82, 2.24) is 25.1 Å². The minimum absolute atomic E-state index is 0.208. The smallest absolute Gasteiger partial charge is 0.322 e. The van der Waals surface area contributed by atoms with Crippen LogP contribution in [0.15, 0.2) is 0 Å². The van der Waals surface area contributed by atoms with Gasteiger partial charge >= 0.3 is 5.97 Å². The van der Waals surface area contributed by atoms with Crippen molar-refractivity contribution < 1.29 is 9.53 Å². The minimum atomic E-state index is -0.269. The van der Waals surface area contributed by atoms with E-state index in [2.05, 4.69) is 20.4 Å². The lowest BCUT2D eigenvalue weighted by Crippen LogP contribution is -2.41. The molecule has 19 heavy (non-hydrogen) atoms. The van der Waals surface area contributed by atoms with Gasteiger partial charge in [0.2, 0.25) is 0 Å². The Morgan fingerprint density at radius 2 is 2.16 bits per heavy atom. The molecule has 0 unspecified atom stereocenters. The second-order valence-corrected chi connectivity index (χ2v) is 5.24. The van der Waals surface area contributed by atoms with Crippen molar-refractivity contribution in [3.63, 3.8) is 0 Å². The number of carbonyl (C=O) groups excluding carboxylic acids is 1. The van der Waals surface area contributed by atoms with Gasteiger partial charge in [0.05, 0.1) is 19.7 Å². The average Bonchev–Trinajstić information content (AvgIpc) is 3.12. The van der Waals surface area contributed by atoms with Crippen LogP contribution >= 0.6 is 0 Å². The second-order valence-electron chi connectivity index (χ2n) is 5.24. The quantitative estimate of drug-likeness (QED) is 0.709. The van der Waals surface area contributed by atoms with Crippen LogP contribution < -0.4 is 0 Å². The van der Waals surface area contributed by atoms with Crippen LogP contribution in [-0.2, 0) is 16.1 Å². The molecule has 106 valence electrons. The molecule has 1 heterocycles. The highest BCUT2D eigenvalue weighted by Crippen LogP contribution is 2.30. The van der Waals surface area contributed by atoms with E-state index >= 15 is 0 Å². The summed E-state index contributed by atoms with van der Waals surface area (Å²) in [5, 5.41) is 11.8. The van der Waals surface area contributed by atoms with Gasteiger partial charge in [-0.05, 0) is 44.0 Å². The van der Waals surface area contributed by atoms with Gasteiger partial charge in [0.25, 0.3) is 0 Å². The normalized spacial score (nSPS) is 16.9. The molecule has 1 fully saturated rings. The lowest BCUT2D eigenvalue weighted by atomic mass is 10.2. The van der Waals surface area contributed by atoms with Gasteiger partial charge in [-0.15, -0.1) is 5.10 Å². The van der Waals surface area contributed by atoms with Gasteiger partial charge in [-0.2, -0.15) is 0 Å². The number of hydrogen-bond donors (Lipinski definition) is 0. The SMILES string of the molecule is COC(=O)[C@H](C)N(Cc1nnnn1C(C)C)C1CC1. The summed E-state index contributed by atoms with van der Waals surface area (Å²) in [6, 6.07) is 0.376. The molecule has 0 aromatic carbocycles. The molecule has 0 bridgehead atoms. The molecule has 0 saturated heterocycles. The van der Waals surface area contributed by atoms with Crippen molar-refractivity contribution in [2.75, 3.05) is 7.11 Å². The number of methoxy groups -OCH3 is 1. The van der Waals surface area contributed by atoms with Crippen molar-refractivity contribution in [2.24, 2.45) is 0 Å². The van der Waals surface area contributed by atoms with Crippen LogP contribution in [-0.4, -0.2) is 50.3 Å². The predicted molar refractivity (Wildman–Crippen MR) is 68.2 cm³/mol. The summed E-state index contributed by atoms with van der Waals surface area (Å²) in [4.78, 5) is 13.8. The van der Waals surface area contributed by atoms with Gasteiger partial charge in [0.15, 0.2) is 5.82 Å². The summed E-state index contributed by atoms with van der Waals surface area (Å²) in [7, 11) is 1.42. The van der Waals surface area contributed by atoms with Crippen LogP contribution in [0.1, 0.15) is 45.5 Å². The summed E-state index contributed by atoms with van der Waals surface area (Å²) in [6.45, 7) is 6.51. The van der Waals surface area contributed by atoms with Gasteiger partial charge in [0.1, 0.15) is 6.04 Å². The van der Waals surface area contributed by atoms with E-state index in [4.69, 9.17) is 4.74 Å². The molecule has 1 aliphatic rings. The zero-order valence-corrected chi connectivity index (χ0v) is 11.9. The Hall–Kier alpha value is -1.50. The Bertz CT molecular complexity index is 441. The van der Waals surface area contributed by atoms with Crippen molar-refractivity contribution in [2.45, 2.75) is 58.3 Å². The van der Waals surface area contributed by atoms with Gasteiger partial charge in [0, 0.05) is 6.04 Å². The van der Waals surface area contributed by atoms with Crippen molar-refractivity contribution in [1.29, 1.82) is 0 Å². The maximum absolute atomic E-state index is 11.7. The fourth-order valence-electron chi connectivity index (χ4n) is 2.18. The van der Waals surface area contributed by atoms with E-state index in [1.165, 1.54) is 7.11 Å². The number of nitrogens with zero attached hydrogens (tertiary/aromatic N) is 5. The zero-order valence-electron chi connectivity index (χ0n) is 11.9. The maximum atomic E-state index is 11.7. The van der Waals surface area contributed by atoms with E-state index in [0.29, 0.717) is 12.6 Å². The van der Waals surface area contributed by atoms with Crippen molar-refractivity contribution in [3.05, 3.63) is 5.82 Å². The number of carbonyl (C=O) groups is 1. The number of aromatic nitrogens is 4. The molecule has 7 nitrogen and oxygen atoms in total. The second kappa shape index (κ2) is 5.64. The Morgan fingerprint density at radius 3 is 2.68 bits per heavy atom. The van der Waals surface area contributed by atoms with E-state index in [1.807, 2.05) is 20.8 Å². The van der Waals surface area contributed by atoms with Crippen LogP contribution in [0, 0.1) is 0 Å². The largest absolute Gasteiger partial charge is 0.468 e. The first kappa shape index (κ1) is 13.9. The molecule has 1 saturated carbocycles. The first-order valence-electron chi connectivity index (χ1n) is 6.65. The predicted octanol–water partition coefficient (Wildman–Crippen LogP) is 0.780. The van der Waals surface area contributed by atoms with Gasteiger partial charge in [-0.3, -0.25) is 9.69 Å². The van der Waals surface area contributed by atoms with E-state index in [1.54, 1.807) is 4.68 Å². The topological polar surface area (TPSA) is 73.1 Å². The summed E-state index contributed by atoms with van der Waals surface area (Å²) in [6.07, 6.45) is 2.23. The first-order valence-corrected chi connectivity index (χ1v) is 6.65. The summed E-state index contributed by atoms with van der Waals surface area (Å²) < 4.78 is 6.62. The maximum Gasteiger partial charge on any atom is 0.322 e. The van der Waals surface area contributed by atoms with E-state index in [-0.39, 0.29) is 18.1 Å². The molecule has 7 heteroatoms. The molecule has 1 aromatic rings. The van der Waals surface area contributed by atoms with Crippen molar-refractivity contribution in [3.8, 4) is 0 Å². The third-order valence-electron chi connectivity index (χ3n) is 3.43. The molecular formula is C12H21N5O2. The van der Waals surface area contributed by atoms with E-state index in [9.17, 15) is 4.79 Å². The first-order chi connectivity index (χ1) is 9.04. The number of rotatable bonds is 6. The lowest BCUT2D eigenvalue weighted by Gasteiger charge is -2.26. The van der Waals surface area contributed by atoms with Crippen molar-refractivity contribution >= 4 is 5.97 Å². The third-order valence-corrected chi connectivity index (χ3v) is 3.43. The van der Waals surface area contributed by atoms with Gasteiger partial charge < -0.3 is 4.74 Å². The van der Waals surface area contributed by atoms with Crippen LogP contribution in [0.25, 0.3) is 0 Å². The molecule has 1 aliphatic carbocycles. The number of esters is 1. The standard InChI is InChI=1S/C12H21N5O2/c1-8(2)17-11(13-14-15-17)7-16(10-5-6-10)9(3)12(18)19-4/h8-10H,5-7H2,1-4H3/t9-/m0/s1. The monoisotopic (exact) mass is 267 g/mol. The Morgan fingerprint density at radius 1 is 1.47 bits per heavy atom.